The van der Waals surface area contributed by atoms with Crippen molar-refractivity contribution in [2.24, 2.45) is 5.73 Å². The van der Waals surface area contributed by atoms with Gasteiger partial charge in [-0.2, -0.15) is 0 Å². The van der Waals surface area contributed by atoms with Gasteiger partial charge in [-0.25, -0.2) is 13.6 Å². The number of nitrogens with zero attached hydrogens (tertiary/aromatic N) is 1. The third-order valence-electron chi connectivity index (χ3n) is 3.50. The zero-order chi connectivity index (χ0) is 14.0. The summed E-state index contributed by atoms with van der Waals surface area (Å²) in [6.45, 7) is 0.965. The zero-order valence-electron chi connectivity index (χ0n) is 10.4. The number of nitrogens with two attached hydrogens (primary N) is 1. The second-order valence-corrected chi connectivity index (χ2v) is 4.64. The summed E-state index contributed by atoms with van der Waals surface area (Å²) in [6, 6.07) is 2.38. The van der Waals surface area contributed by atoms with Crippen molar-refractivity contribution < 1.29 is 18.7 Å². The number of carboxylic acid groups (broad SMARTS) is 1. The normalized spacial score (nSPS) is 19.5. The number of carbonyl (C=O) groups is 1. The molecular formula is C13H16F2N2O2. The molecule has 0 spiro atoms. The van der Waals surface area contributed by atoms with Crippen LogP contribution >= 0.6 is 0 Å². The predicted octanol–water partition coefficient (Wildman–Crippen LogP) is 1.98. The molecule has 104 valence electrons. The lowest BCUT2D eigenvalue weighted by Gasteiger charge is -2.37. The Hall–Kier alpha value is -1.69. The molecule has 0 radical (unpaired) electrons. The van der Waals surface area contributed by atoms with Crippen molar-refractivity contribution in [3.05, 3.63) is 29.3 Å². The number of benzene rings is 1. The molecule has 0 bridgehead atoms. The first-order valence-electron chi connectivity index (χ1n) is 6.24. The SMILES string of the molecule is NCC1CCCCN1c1ccc(C(=O)O)c(F)c1F. The lowest BCUT2D eigenvalue weighted by molar-refractivity contribution is 0.0690. The number of rotatable bonds is 3. The summed E-state index contributed by atoms with van der Waals surface area (Å²) >= 11 is 0. The summed E-state index contributed by atoms with van der Waals surface area (Å²) in [5.74, 6) is -3.90. The van der Waals surface area contributed by atoms with Gasteiger partial charge >= 0.3 is 5.97 Å². The van der Waals surface area contributed by atoms with Crippen LogP contribution in [-0.4, -0.2) is 30.2 Å². The van der Waals surface area contributed by atoms with Crippen LogP contribution in [-0.2, 0) is 0 Å². The third kappa shape index (κ3) is 2.53. The first-order valence-corrected chi connectivity index (χ1v) is 6.24. The Balaban J connectivity index is 2.39. The number of carboxylic acids is 1. The first-order chi connectivity index (χ1) is 9.06. The summed E-state index contributed by atoms with van der Waals surface area (Å²) in [7, 11) is 0. The van der Waals surface area contributed by atoms with Crippen molar-refractivity contribution in [2.45, 2.75) is 25.3 Å². The van der Waals surface area contributed by atoms with Gasteiger partial charge in [-0.05, 0) is 31.4 Å². The van der Waals surface area contributed by atoms with Gasteiger partial charge in [0.05, 0.1) is 11.3 Å². The van der Waals surface area contributed by atoms with Crippen LogP contribution in [0.2, 0.25) is 0 Å². The number of hydrogen-bond acceptors (Lipinski definition) is 3. The van der Waals surface area contributed by atoms with E-state index in [-0.39, 0.29) is 11.7 Å². The molecule has 0 amide bonds. The van der Waals surface area contributed by atoms with Gasteiger partial charge in [-0.15, -0.1) is 0 Å². The second-order valence-electron chi connectivity index (χ2n) is 4.64. The minimum Gasteiger partial charge on any atom is -0.478 e. The Morgan fingerprint density at radius 1 is 1.37 bits per heavy atom. The number of aromatic carboxylic acids is 1. The van der Waals surface area contributed by atoms with Crippen LogP contribution < -0.4 is 10.6 Å². The molecule has 3 N–H and O–H groups in total. The molecule has 0 aromatic heterocycles. The second kappa shape index (κ2) is 5.52. The van der Waals surface area contributed by atoms with Gasteiger partial charge in [0, 0.05) is 19.1 Å². The lowest BCUT2D eigenvalue weighted by atomic mass is 10.0. The van der Waals surface area contributed by atoms with Crippen molar-refractivity contribution in [1.29, 1.82) is 0 Å². The van der Waals surface area contributed by atoms with Gasteiger partial charge in [0.1, 0.15) is 0 Å². The predicted molar refractivity (Wildman–Crippen MR) is 67.4 cm³/mol. The molecule has 1 atom stereocenters. The summed E-state index contributed by atoms with van der Waals surface area (Å²) in [5, 5.41) is 8.75. The molecule has 1 heterocycles. The van der Waals surface area contributed by atoms with E-state index >= 15 is 0 Å². The summed E-state index contributed by atoms with van der Waals surface area (Å²) in [5.41, 5.74) is 5.09. The molecule has 6 heteroatoms. The fraction of sp³-hybridized carbons (Fsp3) is 0.462. The minimum atomic E-state index is -1.48. The quantitative estimate of drug-likeness (QED) is 0.881. The smallest absolute Gasteiger partial charge is 0.338 e. The van der Waals surface area contributed by atoms with Gasteiger partial charge in [0.2, 0.25) is 0 Å². The molecular weight excluding hydrogens is 254 g/mol. The number of halogens is 2. The van der Waals surface area contributed by atoms with Crippen LogP contribution in [0, 0.1) is 11.6 Å². The van der Waals surface area contributed by atoms with E-state index in [9.17, 15) is 13.6 Å². The molecule has 4 nitrogen and oxygen atoms in total. The Kier molecular flexibility index (Phi) is 3.99. The van der Waals surface area contributed by atoms with Crippen LogP contribution in [0.25, 0.3) is 0 Å². The maximum Gasteiger partial charge on any atom is 0.338 e. The molecule has 1 aromatic carbocycles. The molecule has 2 rings (SSSR count). The summed E-state index contributed by atoms with van der Waals surface area (Å²) in [6.07, 6.45) is 2.73. The standard InChI is InChI=1S/C13H16F2N2O2/c14-11-9(13(18)19)4-5-10(12(11)15)17-6-2-1-3-8(17)7-16/h4-5,8H,1-3,6-7,16H2,(H,18,19). The topological polar surface area (TPSA) is 66.6 Å². The highest BCUT2D eigenvalue weighted by Crippen LogP contribution is 2.29. The van der Waals surface area contributed by atoms with Gasteiger partial charge in [-0.1, -0.05) is 0 Å². The molecule has 1 saturated heterocycles. The molecule has 1 fully saturated rings. The molecule has 0 aliphatic carbocycles. The van der Waals surface area contributed by atoms with Crippen molar-refractivity contribution >= 4 is 11.7 Å². The average molecular weight is 270 g/mol. The molecule has 19 heavy (non-hydrogen) atoms. The summed E-state index contributed by atoms with van der Waals surface area (Å²) < 4.78 is 27.7. The van der Waals surface area contributed by atoms with Crippen molar-refractivity contribution in [2.75, 3.05) is 18.0 Å². The van der Waals surface area contributed by atoms with Crippen LogP contribution in [0.15, 0.2) is 12.1 Å². The van der Waals surface area contributed by atoms with E-state index in [1.54, 1.807) is 4.90 Å². The maximum atomic E-state index is 14.0. The highest BCUT2D eigenvalue weighted by molar-refractivity contribution is 5.88. The van der Waals surface area contributed by atoms with E-state index in [2.05, 4.69) is 0 Å². The molecule has 1 aromatic rings. The van der Waals surface area contributed by atoms with Crippen LogP contribution in [0.3, 0.4) is 0 Å². The maximum absolute atomic E-state index is 14.0. The van der Waals surface area contributed by atoms with Gasteiger partial charge in [0.15, 0.2) is 11.6 Å². The fourth-order valence-corrected chi connectivity index (χ4v) is 2.49. The zero-order valence-corrected chi connectivity index (χ0v) is 10.4. The monoisotopic (exact) mass is 270 g/mol. The largest absolute Gasteiger partial charge is 0.478 e. The van der Waals surface area contributed by atoms with E-state index < -0.39 is 23.2 Å². The Morgan fingerprint density at radius 2 is 2.11 bits per heavy atom. The molecule has 0 saturated carbocycles. The Labute approximate surface area is 109 Å². The minimum absolute atomic E-state index is 0.0293. The van der Waals surface area contributed by atoms with Gasteiger partial charge < -0.3 is 15.7 Å². The Morgan fingerprint density at radius 3 is 2.74 bits per heavy atom. The van der Waals surface area contributed by atoms with Crippen molar-refractivity contribution in [3.63, 3.8) is 0 Å². The van der Waals surface area contributed by atoms with E-state index in [1.165, 1.54) is 6.07 Å². The van der Waals surface area contributed by atoms with E-state index in [1.807, 2.05) is 0 Å². The van der Waals surface area contributed by atoms with Crippen molar-refractivity contribution in [3.8, 4) is 0 Å². The first kappa shape index (κ1) is 13.7. The lowest BCUT2D eigenvalue weighted by Crippen LogP contribution is -2.44. The van der Waals surface area contributed by atoms with Crippen LogP contribution in [0.1, 0.15) is 29.6 Å². The molecule has 1 aliphatic rings. The van der Waals surface area contributed by atoms with Crippen LogP contribution in [0.5, 0.6) is 0 Å². The van der Waals surface area contributed by atoms with Gasteiger partial charge in [-0.3, -0.25) is 0 Å². The fourth-order valence-electron chi connectivity index (χ4n) is 2.49. The van der Waals surface area contributed by atoms with E-state index in [0.29, 0.717) is 13.1 Å². The van der Waals surface area contributed by atoms with Crippen LogP contribution in [0.4, 0.5) is 14.5 Å². The average Bonchev–Trinajstić information content (AvgIpc) is 2.41. The number of hydrogen-bond donors (Lipinski definition) is 2. The Bertz CT molecular complexity index is 494. The third-order valence-corrected chi connectivity index (χ3v) is 3.50. The molecule has 1 aliphatic heterocycles. The van der Waals surface area contributed by atoms with Gasteiger partial charge in [0.25, 0.3) is 0 Å². The van der Waals surface area contributed by atoms with E-state index in [4.69, 9.17) is 10.8 Å². The number of anilines is 1. The number of piperidine rings is 1. The highest BCUT2D eigenvalue weighted by Gasteiger charge is 2.26. The van der Waals surface area contributed by atoms with Crippen molar-refractivity contribution in [1.82, 2.24) is 0 Å². The summed E-state index contributed by atoms with van der Waals surface area (Å²) in [4.78, 5) is 12.5. The highest BCUT2D eigenvalue weighted by atomic mass is 19.2. The van der Waals surface area contributed by atoms with E-state index in [0.717, 1.165) is 25.3 Å². The molecule has 1 unspecified atom stereocenters.